The van der Waals surface area contributed by atoms with Gasteiger partial charge in [0.1, 0.15) is 0 Å². The van der Waals surface area contributed by atoms with E-state index in [9.17, 15) is 13.2 Å². The Hall–Kier alpha value is -1.76. The summed E-state index contributed by atoms with van der Waals surface area (Å²) in [6.07, 6.45) is 6.36. The molecule has 0 aliphatic heterocycles. The Kier molecular flexibility index (Phi) is 7.89. The number of hydrogen-bond donors (Lipinski definition) is 1. The average Bonchev–Trinajstić information content (AvgIpc) is 2.72. The van der Waals surface area contributed by atoms with Gasteiger partial charge in [-0.05, 0) is 73.9 Å². The summed E-state index contributed by atoms with van der Waals surface area (Å²) in [5.41, 5.74) is 4.21. The molecule has 1 aliphatic carbocycles. The number of nitrogens with zero attached hydrogens (tertiary/aromatic N) is 1. The molecule has 31 heavy (non-hydrogen) atoms. The van der Waals surface area contributed by atoms with Gasteiger partial charge in [0.2, 0.25) is 15.9 Å². The lowest BCUT2D eigenvalue weighted by molar-refractivity contribution is -0.121. The minimum absolute atomic E-state index is 0.104. The second-order valence-corrected chi connectivity index (χ2v) is 10.8. The number of anilines is 1. The van der Waals surface area contributed by atoms with Crippen molar-refractivity contribution < 1.29 is 13.2 Å². The van der Waals surface area contributed by atoms with Crippen LogP contribution in [0.2, 0.25) is 10.0 Å². The summed E-state index contributed by atoms with van der Waals surface area (Å²) in [5, 5.41) is 3.71. The molecule has 0 fully saturated rings. The molecular weight excluding hydrogens is 455 g/mol. The maximum atomic E-state index is 12.5. The normalized spacial score (nSPS) is 14.6. The Morgan fingerprint density at radius 2 is 1.81 bits per heavy atom. The highest BCUT2D eigenvalue weighted by molar-refractivity contribution is 7.92. The molecule has 0 unspecified atom stereocenters. The van der Waals surface area contributed by atoms with Gasteiger partial charge in [0.05, 0.1) is 23.0 Å². The van der Waals surface area contributed by atoms with Gasteiger partial charge >= 0.3 is 0 Å². The van der Waals surface area contributed by atoms with Crippen LogP contribution in [0.4, 0.5) is 5.69 Å². The van der Waals surface area contributed by atoms with Crippen molar-refractivity contribution in [3.8, 4) is 0 Å². The zero-order valence-corrected chi connectivity index (χ0v) is 20.2. The summed E-state index contributed by atoms with van der Waals surface area (Å²) in [6, 6.07) is 11.0. The van der Waals surface area contributed by atoms with Crippen LogP contribution in [0, 0.1) is 0 Å². The third-order valence-electron chi connectivity index (χ3n) is 5.59. The van der Waals surface area contributed by atoms with Crippen molar-refractivity contribution in [2.75, 3.05) is 17.1 Å². The highest BCUT2D eigenvalue weighted by atomic mass is 35.5. The number of halogens is 2. The molecule has 0 saturated heterocycles. The number of hydrogen-bond acceptors (Lipinski definition) is 3. The first kappa shape index (κ1) is 23.9. The van der Waals surface area contributed by atoms with Gasteiger partial charge in [0, 0.05) is 18.0 Å². The van der Waals surface area contributed by atoms with E-state index >= 15 is 0 Å². The second kappa shape index (κ2) is 10.2. The fourth-order valence-electron chi connectivity index (χ4n) is 3.94. The molecule has 8 heteroatoms. The molecule has 0 radical (unpaired) electrons. The van der Waals surface area contributed by atoms with Crippen molar-refractivity contribution in [1.82, 2.24) is 5.32 Å². The van der Waals surface area contributed by atoms with E-state index in [4.69, 9.17) is 23.2 Å². The molecule has 1 atom stereocenters. The highest BCUT2D eigenvalue weighted by Gasteiger charge is 2.21. The average molecular weight is 483 g/mol. The van der Waals surface area contributed by atoms with E-state index in [0.717, 1.165) is 24.7 Å². The van der Waals surface area contributed by atoms with E-state index in [1.165, 1.54) is 34.3 Å². The molecule has 0 saturated carbocycles. The first-order chi connectivity index (χ1) is 14.6. The number of amides is 1. The molecule has 0 aromatic heterocycles. The van der Waals surface area contributed by atoms with Crippen molar-refractivity contribution in [2.24, 2.45) is 0 Å². The number of aryl methyl sites for hydroxylation is 2. The van der Waals surface area contributed by atoms with E-state index < -0.39 is 10.0 Å². The molecule has 0 heterocycles. The second-order valence-electron chi connectivity index (χ2n) is 8.06. The van der Waals surface area contributed by atoms with Gasteiger partial charge in [0.25, 0.3) is 0 Å². The fourth-order valence-corrected chi connectivity index (χ4v) is 5.35. The first-order valence-corrected chi connectivity index (χ1v) is 13.1. The Balaban J connectivity index is 1.58. The molecule has 0 spiro atoms. The SMILES string of the molecule is C[C@H](NC(=O)CCCN(c1cc(Cl)ccc1Cl)S(C)(=O)=O)c1ccc2c(c1)CCCC2. The zero-order valence-electron chi connectivity index (χ0n) is 17.8. The van der Waals surface area contributed by atoms with Crippen LogP contribution in [0.1, 0.15) is 55.3 Å². The maximum Gasteiger partial charge on any atom is 0.232 e. The number of nitrogens with one attached hydrogen (secondary N) is 1. The molecular formula is C23H28Cl2N2O3S. The fraction of sp³-hybridized carbons (Fsp3) is 0.435. The Morgan fingerprint density at radius 1 is 1.10 bits per heavy atom. The minimum atomic E-state index is -3.57. The van der Waals surface area contributed by atoms with Crippen molar-refractivity contribution in [3.63, 3.8) is 0 Å². The first-order valence-electron chi connectivity index (χ1n) is 10.5. The van der Waals surface area contributed by atoms with Gasteiger partial charge in [-0.1, -0.05) is 41.4 Å². The van der Waals surface area contributed by atoms with E-state index in [2.05, 4.69) is 23.5 Å². The molecule has 5 nitrogen and oxygen atoms in total. The van der Waals surface area contributed by atoms with Crippen molar-refractivity contribution in [2.45, 2.75) is 51.5 Å². The van der Waals surface area contributed by atoms with Crippen LogP contribution in [0.3, 0.4) is 0 Å². The van der Waals surface area contributed by atoms with Gasteiger partial charge in [-0.3, -0.25) is 9.10 Å². The van der Waals surface area contributed by atoms with E-state index in [0.29, 0.717) is 22.2 Å². The van der Waals surface area contributed by atoms with Crippen LogP contribution in [0.5, 0.6) is 0 Å². The minimum Gasteiger partial charge on any atom is -0.350 e. The number of rotatable bonds is 8. The van der Waals surface area contributed by atoms with Crippen LogP contribution in [0.15, 0.2) is 36.4 Å². The summed E-state index contributed by atoms with van der Waals surface area (Å²) < 4.78 is 25.7. The zero-order chi connectivity index (χ0) is 22.6. The van der Waals surface area contributed by atoms with Crippen LogP contribution in [-0.4, -0.2) is 27.1 Å². The smallest absolute Gasteiger partial charge is 0.232 e. The summed E-state index contributed by atoms with van der Waals surface area (Å²) in [6.45, 7) is 2.11. The molecule has 2 aromatic rings. The van der Waals surface area contributed by atoms with Crippen LogP contribution in [-0.2, 0) is 27.7 Å². The van der Waals surface area contributed by atoms with Crippen molar-refractivity contribution >= 4 is 44.8 Å². The number of sulfonamides is 1. The van der Waals surface area contributed by atoms with Gasteiger partial charge in [-0.15, -0.1) is 0 Å². The largest absolute Gasteiger partial charge is 0.350 e. The summed E-state index contributed by atoms with van der Waals surface area (Å²) in [5.74, 6) is -0.115. The van der Waals surface area contributed by atoms with Gasteiger partial charge in [0.15, 0.2) is 0 Å². The molecule has 0 bridgehead atoms. The predicted octanol–water partition coefficient (Wildman–Crippen LogP) is 5.30. The predicted molar refractivity (Wildman–Crippen MR) is 128 cm³/mol. The number of fused-ring (bicyclic) bond motifs is 1. The van der Waals surface area contributed by atoms with Gasteiger partial charge < -0.3 is 5.32 Å². The van der Waals surface area contributed by atoms with E-state index in [1.54, 1.807) is 12.1 Å². The van der Waals surface area contributed by atoms with Crippen LogP contribution >= 0.6 is 23.2 Å². The van der Waals surface area contributed by atoms with E-state index in [1.807, 2.05) is 6.92 Å². The third-order valence-corrected chi connectivity index (χ3v) is 7.33. The molecule has 1 amide bonds. The maximum absolute atomic E-state index is 12.5. The van der Waals surface area contributed by atoms with E-state index in [-0.39, 0.29) is 24.9 Å². The number of carbonyl (C=O) groups excluding carboxylic acids is 1. The standard InChI is InChI=1S/C23H28Cl2N2O3S/c1-16(18-10-9-17-6-3-4-7-19(17)14-18)26-23(28)8-5-13-27(31(2,29)30)22-15-20(24)11-12-21(22)25/h9-12,14-16H,3-8,13H2,1-2H3,(H,26,28)/t16-/m0/s1. The van der Waals surface area contributed by atoms with Gasteiger partial charge in [-0.25, -0.2) is 8.42 Å². The van der Waals surface area contributed by atoms with Crippen LogP contribution in [0.25, 0.3) is 0 Å². The monoisotopic (exact) mass is 482 g/mol. The lowest BCUT2D eigenvalue weighted by atomic mass is 9.89. The summed E-state index contributed by atoms with van der Waals surface area (Å²) in [7, 11) is -3.57. The summed E-state index contributed by atoms with van der Waals surface area (Å²) in [4.78, 5) is 12.5. The summed E-state index contributed by atoms with van der Waals surface area (Å²) >= 11 is 12.2. The Bertz CT molecular complexity index is 1060. The number of benzene rings is 2. The van der Waals surface area contributed by atoms with Crippen molar-refractivity contribution in [1.29, 1.82) is 0 Å². The number of carbonyl (C=O) groups is 1. The third kappa shape index (κ3) is 6.37. The quantitative estimate of drug-likeness (QED) is 0.555. The molecule has 1 N–H and O–H groups in total. The van der Waals surface area contributed by atoms with Gasteiger partial charge in [-0.2, -0.15) is 0 Å². The lowest BCUT2D eigenvalue weighted by Gasteiger charge is -2.24. The molecule has 1 aliphatic rings. The topological polar surface area (TPSA) is 66.5 Å². The Labute approximate surface area is 194 Å². The lowest BCUT2D eigenvalue weighted by Crippen LogP contribution is -2.32. The molecule has 3 rings (SSSR count). The highest BCUT2D eigenvalue weighted by Crippen LogP contribution is 2.31. The van der Waals surface area contributed by atoms with Crippen molar-refractivity contribution in [3.05, 3.63) is 63.1 Å². The van der Waals surface area contributed by atoms with Crippen LogP contribution < -0.4 is 9.62 Å². The molecule has 168 valence electrons. The Morgan fingerprint density at radius 3 is 2.52 bits per heavy atom. The molecule has 2 aromatic carbocycles.